The molecule has 2 unspecified atom stereocenters. The van der Waals surface area contributed by atoms with Gasteiger partial charge in [-0.15, -0.1) is 0 Å². The number of hydrogen-bond acceptors (Lipinski definition) is 8. The first-order chi connectivity index (χ1) is 22.7. The van der Waals surface area contributed by atoms with Gasteiger partial charge in [0.15, 0.2) is 12.3 Å². The van der Waals surface area contributed by atoms with E-state index in [1.54, 1.807) is 33.8 Å². The number of rotatable bonds is 12. The van der Waals surface area contributed by atoms with Crippen LogP contribution in [0.1, 0.15) is 69.3 Å². The van der Waals surface area contributed by atoms with E-state index in [1.165, 1.54) is 10.7 Å². The van der Waals surface area contributed by atoms with E-state index in [0.29, 0.717) is 51.4 Å². The molecule has 47 heavy (non-hydrogen) atoms. The summed E-state index contributed by atoms with van der Waals surface area (Å²) in [6.45, 7) is 5.49. The molecule has 3 heterocycles. The molecular formula is C33H45N7O7. The van der Waals surface area contributed by atoms with Gasteiger partial charge >= 0.3 is 6.09 Å². The Morgan fingerprint density at radius 3 is 2.36 bits per heavy atom. The van der Waals surface area contributed by atoms with Gasteiger partial charge in [-0.1, -0.05) is 31.5 Å². The van der Waals surface area contributed by atoms with Crippen LogP contribution in [0.15, 0.2) is 36.4 Å². The summed E-state index contributed by atoms with van der Waals surface area (Å²) < 4.78 is 12.6. The van der Waals surface area contributed by atoms with Crippen molar-refractivity contribution in [1.82, 2.24) is 35.1 Å². The van der Waals surface area contributed by atoms with Crippen LogP contribution in [0.4, 0.5) is 4.79 Å². The maximum absolute atomic E-state index is 13.3. The van der Waals surface area contributed by atoms with Crippen LogP contribution in [-0.4, -0.2) is 118 Å². The summed E-state index contributed by atoms with van der Waals surface area (Å²) in [4.78, 5) is 69.5. The monoisotopic (exact) mass is 651 g/mol. The molecule has 1 aliphatic carbocycles. The molecule has 2 atom stereocenters. The van der Waals surface area contributed by atoms with Crippen LogP contribution in [0.5, 0.6) is 5.88 Å². The lowest BCUT2D eigenvalue weighted by atomic mass is 9.93. The average molecular weight is 652 g/mol. The Morgan fingerprint density at radius 1 is 0.957 bits per heavy atom. The molecule has 5 amide bonds. The van der Waals surface area contributed by atoms with Gasteiger partial charge < -0.3 is 34.8 Å². The van der Waals surface area contributed by atoms with Crippen LogP contribution in [0, 0.1) is 0 Å². The van der Waals surface area contributed by atoms with E-state index in [9.17, 15) is 24.0 Å². The lowest BCUT2D eigenvalue weighted by Crippen LogP contribution is -2.55. The smallest absolute Gasteiger partial charge is 0.409 e. The zero-order valence-electron chi connectivity index (χ0n) is 27.2. The molecule has 3 fully saturated rings. The lowest BCUT2D eigenvalue weighted by Gasteiger charge is -2.35. The van der Waals surface area contributed by atoms with Crippen molar-refractivity contribution in [3.8, 4) is 11.6 Å². The maximum atomic E-state index is 13.3. The summed E-state index contributed by atoms with van der Waals surface area (Å²) >= 11 is 0. The second-order valence-electron chi connectivity index (χ2n) is 12.3. The second kappa shape index (κ2) is 15.8. The van der Waals surface area contributed by atoms with E-state index in [4.69, 9.17) is 9.47 Å². The number of ether oxygens (including phenoxy) is 2. The summed E-state index contributed by atoms with van der Waals surface area (Å²) in [6, 6.07) is 9.29. The largest absolute Gasteiger partial charge is 0.467 e. The van der Waals surface area contributed by atoms with Crippen LogP contribution in [0.25, 0.3) is 5.69 Å². The van der Waals surface area contributed by atoms with Gasteiger partial charge in [-0.3, -0.25) is 19.2 Å². The number of para-hydroxylation sites is 1. The Hall–Kier alpha value is -4.62. The fraction of sp³-hybridized carbons (Fsp3) is 0.576. The molecule has 2 aliphatic heterocycles. The average Bonchev–Trinajstić information content (AvgIpc) is 3.74. The van der Waals surface area contributed by atoms with Gasteiger partial charge in [0.1, 0.15) is 12.1 Å². The number of benzene rings is 1. The second-order valence-corrected chi connectivity index (χ2v) is 12.3. The summed E-state index contributed by atoms with van der Waals surface area (Å²) in [5.41, 5.74) is 0.623. The minimum Gasteiger partial charge on any atom is -0.467 e. The van der Waals surface area contributed by atoms with Gasteiger partial charge in [-0.25, -0.2) is 9.48 Å². The molecule has 0 radical (unpaired) electrons. The van der Waals surface area contributed by atoms with Crippen molar-refractivity contribution in [2.75, 3.05) is 45.9 Å². The molecule has 0 spiro atoms. The lowest BCUT2D eigenvalue weighted by molar-refractivity contribution is -0.140. The van der Waals surface area contributed by atoms with Gasteiger partial charge in [-0.2, -0.15) is 5.10 Å². The van der Waals surface area contributed by atoms with Crippen molar-refractivity contribution in [3.63, 3.8) is 0 Å². The zero-order valence-corrected chi connectivity index (χ0v) is 27.2. The summed E-state index contributed by atoms with van der Waals surface area (Å²) in [7, 11) is 0. The van der Waals surface area contributed by atoms with Crippen LogP contribution >= 0.6 is 0 Å². The van der Waals surface area contributed by atoms with Gasteiger partial charge in [-0.05, 0) is 57.6 Å². The highest BCUT2D eigenvalue weighted by atomic mass is 16.6. The molecule has 14 nitrogen and oxygen atoms in total. The topological polar surface area (TPSA) is 155 Å². The number of hydrogen-bond donors (Lipinski definition) is 2. The van der Waals surface area contributed by atoms with Crippen LogP contribution in [-0.2, 0) is 19.1 Å². The van der Waals surface area contributed by atoms with E-state index >= 15 is 0 Å². The first kappa shape index (κ1) is 33.7. The molecule has 5 rings (SSSR count). The highest BCUT2D eigenvalue weighted by Crippen LogP contribution is 2.23. The van der Waals surface area contributed by atoms with Gasteiger partial charge in [0.05, 0.1) is 12.3 Å². The molecular weight excluding hydrogens is 606 g/mol. The quantitative estimate of drug-likeness (QED) is 0.331. The number of carbonyl (C=O) groups excluding carboxylic acids is 5. The van der Waals surface area contributed by atoms with Crippen molar-refractivity contribution < 1.29 is 33.4 Å². The molecule has 2 N–H and O–H groups in total. The standard InChI is InChI=1S/C33H45N7O7/c1-3-4-20-46-33(45)38-18-16-37(17-19-38)32(44)23(2)34-30(42)26-21-29(40(36-26)25-12-6-5-7-13-25)47-22-28(41)39-15-9-14-27(39)31(43)35-24-10-8-11-24/h5-7,12-13,21,23-24,27H,3-4,8-11,14-20,22H2,1-2H3,(H,34,42)(H,35,43). The van der Waals surface area contributed by atoms with Gasteiger partial charge in [0.2, 0.25) is 17.7 Å². The van der Waals surface area contributed by atoms with E-state index in [2.05, 4.69) is 15.7 Å². The van der Waals surface area contributed by atoms with Crippen molar-refractivity contribution in [1.29, 1.82) is 0 Å². The van der Waals surface area contributed by atoms with Crippen LogP contribution < -0.4 is 15.4 Å². The van der Waals surface area contributed by atoms with Crippen molar-refractivity contribution in [2.24, 2.45) is 0 Å². The van der Waals surface area contributed by atoms with E-state index in [-0.39, 0.29) is 48.0 Å². The molecule has 1 saturated carbocycles. The zero-order chi connectivity index (χ0) is 33.3. The van der Waals surface area contributed by atoms with Crippen molar-refractivity contribution in [3.05, 3.63) is 42.1 Å². The third-order valence-corrected chi connectivity index (χ3v) is 8.87. The van der Waals surface area contributed by atoms with E-state index in [0.717, 1.165) is 38.5 Å². The first-order valence-corrected chi connectivity index (χ1v) is 16.6. The summed E-state index contributed by atoms with van der Waals surface area (Å²) in [5.74, 6) is -1.13. The summed E-state index contributed by atoms with van der Waals surface area (Å²) in [5, 5.41) is 10.2. The SMILES string of the molecule is CCCCOC(=O)N1CCN(C(=O)C(C)NC(=O)c2cc(OCC(=O)N3CCCC3C(=O)NC3CCC3)n(-c3ccccc3)n2)CC1. The third kappa shape index (κ3) is 8.40. The normalized spacial score (nSPS) is 18.7. The number of likely N-dealkylation sites (tertiary alicyclic amines) is 1. The Balaban J connectivity index is 1.18. The number of nitrogens with one attached hydrogen (secondary N) is 2. The van der Waals surface area contributed by atoms with E-state index < -0.39 is 18.0 Å². The van der Waals surface area contributed by atoms with Crippen molar-refractivity contribution in [2.45, 2.75) is 76.9 Å². The highest BCUT2D eigenvalue weighted by molar-refractivity contribution is 5.96. The third-order valence-electron chi connectivity index (χ3n) is 8.87. The number of unbranched alkanes of at least 4 members (excludes halogenated alkanes) is 1. The molecule has 3 aliphatic rings. The van der Waals surface area contributed by atoms with Crippen molar-refractivity contribution >= 4 is 29.7 Å². The number of carbonyl (C=O) groups is 5. The van der Waals surface area contributed by atoms with Crippen LogP contribution in [0.2, 0.25) is 0 Å². The number of piperazine rings is 1. The fourth-order valence-electron chi connectivity index (χ4n) is 5.85. The first-order valence-electron chi connectivity index (χ1n) is 16.6. The fourth-order valence-corrected chi connectivity index (χ4v) is 5.85. The minimum absolute atomic E-state index is 0.00882. The molecule has 14 heteroatoms. The van der Waals surface area contributed by atoms with Gasteiger partial charge in [0, 0.05) is 44.8 Å². The Morgan fingerprint density at radius 2 is 1.68 bits per heavy atom. The molecule has 0 bridgehead atoms. The number of amides is 5. The van der Waals surface area contributed by atoms with Crippen LogP contribution in [0.3, 0.4) is 0 Å². The minimum atomic E-state index is -0.850. The summed E-state index contributed by atoms with van der Waals surface area (Å²) in [6.07, 6.45) is 5.73. The predicted molar refractivity (Wildman–Crippen MR) is 171 cm³/mol. The van der Waals surface area contributed by atoms with E-state index in [1.807, 2.05) is 25.1 Å². The van der Waals surface area contributed by atoms with Gasteiger partial charge in [0.25, 0.3) is 11.8 Å². The predicted octanol–water partition coefficient (Wildman–Crippen LogP) is 2.11. The molecule has 1 aromatic heterocycles. The molecule has 1 aromatic carbocycles. The Kier molecular flexibility index (Phi) is 11.3. The number of nitrogens with zero attached hydrogens (tertiary/aromatic N) is 5. The molecule has 2 saturated heterocycles. The number of aromatic nitrogens is 2. The Bertz CT molecular complexity index is 1420. The highest BCUT2D eigenvalue weighted by Gasteiger charge is 2.36. The molecule has 254 valence electrons. The maximum Gasteiger partial charge on any atom is 0.409 e. The Labute approximate surface area is 274 Å². The molecule has 2 aromatic rings.